The Morgan fingerprint density at radius 3 is 2.62 bits per heavy atom. The first-order valence-corrected chi connectivity index (χ1v) is 10.1. The molecule has 1 aliphatic rings. The monoisotopic (exact) mass is 463 g/mol. The van der Waals surface area contributed by atoms with E-state index in [1.165, 1.54) is 23.5 Å². The average molecular weight is 464 g/mol. The van der Waals surface area contributed by atoms with Crippen molar-refractivity contribution in [1.82, 2.24) is 19.9 Å². The molecule has 0 saturated carbocycles. The van der Waals surface area contributed by atoms with E-state index in [-0.39, 0.29) is 34.4 Å². The molecule has 1 fully saturated rings. The number of carbonyl (C=O) groups excluding carboxylic acids is 1. The maximum absolute atomic E-state index is 14.6. The zero-order valence-electron chi connectivity index (χ0n) is 17.5. The number of anilines is 1. The van der Waals surface area contributed by atoms with Gasteiger partial charge in [-0.2, -0.15) is 0 Å². The van der Waals surface area contributed by atoms with Crippen LogP contribution in [0.3, 0.4) is 0 Å². The lowest BCUT2D eigenvalue weighted by Crippen LogP contribution is -2.57. The smallest absolute Gasteiger partial charge is 0.410 e. The number of halogens is 3. The minimum absolute atomic E-state index is 0.0363. The largest absolute Gasteiger partial charge is 0.484 e. The van der Waals surface area contributed by atoms with Gasteiger partial charge in [0.1, 0.15) is 40.2 Å². The Morgan fingerprint density at radius 1 is 1.22 bits per heavy atom. The van der Waals surface area contributed by atoms with E-state index in [2.05, 4.69) is 15.0 Å². The van der Waals surface area contributed by atoms with Crippen molar-refractivity contribution >= 4 is 34.4 Å². The number of nitrogens with two attached hydrogens (primary N) is 1. The number of ether oxygens (including phenoxy) is 2. The minimum Gasteiger partial charge on any atom is -0.484 e. The summed E-state index contributed by atoms with van der Waals surface area (Å²) in [6, 6.07) is 2.27. The molecule has 1 aliphatic heterocycles. The van der Waals surface area contributed by atoms with Gasteiger partial charge in [-0.25, -0.2) is 28.5 Å². The van der Waals surface area contributed by atoms with Crippen molar-refractivity contribution in [2.75, 3.05) is 18.8 Å². The molecule has 2 N–H and O–H groups in total. The number of rotatable bonds is 3. The Morgan fingerprint density at radius 2 is 1.94 bits per heavy atom. The topological polar surface area (TPSA) is 103 Å². The van der Waals surface area contributed by atoms with Crippen LogP contribution >= 0.6 is 11.6 Å². The molecule has 32 heavy (non-hydrogen) atoms. The van der Waals surface area contributed by atoms with Gasteiger partial charge in [-0.05, 0) is 32.9 Å². The molecule has 2 aromatic heterocycles. The summed E-state index contributed by atoms with van der Waals surface area (Å²) < 4.78 is 39.5. The van der Waals surface area contributed by atoms with Crippen molar-refractivity contribution in [3.05, 3.63) is 41.3 Å². The first-order valence-electron chi connectivity index (χ1n) is 9.73. The maximum atomic E-state index is 14.6. The Labute approximate surface area is 187 Å². The summed E-state index contributed by atoms with van der Waals surface area (Å²) in [6.07, 6.45) is 1.82. The molecule has 4 rings (SSSR count). The van der Waals surface area contributed by atoms with E-state index in [0.717, 1.165) is 6.07 Å². The van der Waals surface area contributed by atoms with Crippen LogP contribution in [0.2, 0.25) is 5.02 Å². The number of hydrogen-bond acceptors (Lipinski definition) is 7. The summed E-state index contributed by atoms with van der Waals surface area (Å²) >= 11 is 5.72. The van der Waals surface area contributed by atoms with Gasteiger partial charge in [0.2, 0.25) is 0 Å². The van der Waals surface area contributed by atoms with E-state index in [1.807, 2.05) is 0 Å². The highest BCUT2D eigenvalue weighted by molar-refractivity contribution is 6.31. The molecule has 1 saturated heterocycles. The van der Waals surface area contributed by atoms with Crippen LogP contribution in [0.1, 0.15) is 20.8 Å². The lowest BCUT2D eigenvalue weighted by Gasteiger charge is -2.39. The molecule has 11 heteroatoms. The fourth-order valence-corrected chi connectivity index (χ4v) is 3.40. The van der Waals surface area contributed by atoms with Gasteiger partial charge >= 0.3 is 6.09 Å². The van der Waals surface area contributed by atoms with E-state index < -0.39 is 28.4 Å². The van der Waals surface area contributed by atoms with Crippen molar-refractivity contribution < 1.29 is 23.0 Å². The summed E-state index contributed by atoms with van der Waals surface area (Å²) in [7, 11) is 0. The Kier molecular flexibility index (Phi) is 5.49. The number of likely N-dealkylation sites (tertiary alicyclic amines) is 1. The summed E-state index contributed by atoms with van der Waals surface area (Å²) in [6.45, 7) is 6.00. The zero-order chi connectivity index (χ0) is 23.2. The highest BCUT2D eigenvalue weighted by Crippen LogP contribution is 2.37. The van der Waals surface area contributed by atoms with Crippen LogP contribution in [0.25, 0.3) is 22.2 Å². The molecular weight excluding hydrogens is 444 g/mol. The highest BCUT2D eigenvalue weighted by atomic mass is 35.5. The second-order valence-corrected chi connectivity index (χ2v) is 8.68. The van der Waals surface area contributed by atoms with Gasteiger partial charge < -0.3 is 20.1 Å². The predicted molar refractivity (Wildman–Crippen MR) is 114 cm³/mol. The molecule has 168 valence electrons. The SMILES string of the molecule is CC(C)(C)OC(=O)N1CC(Oc2cnc(-c3ccc(F)c(Cl)c3F)c3ncnc(N)c23)C1. The standard InChI is InChI=1S/C21H20ClF2N5O3/c1-21(2,3)32-20(30)29-7-10(8-29)31-13-6-26-17(18-14(13)19(25)28-9-27-18)11-4-5-12(23)15(22)16(11)24/h4-6,9-10H,7-8H2,1-3H3,(H2,25,27,28). The number of nitrogens with zero attached hydrogens (tertiary/aromatic N) is 4. The van der Waals surface area contributed by atoms with Gasteiger partial charge in [0.25, 0.3) is 0 Å². The fraction of sp³-hybridized carbons (Fsp3) is 0.333. The van der Waals surface area contributed by atoms with Crippen LogP contribution in [0.5, 0.6) is 5.75 Å². The van der Waals surface area contributed by atoms with Crippen molar-refractivity contribution in [1.29, 1.82) is 0 Å². The maximum Gasteiger partial charge on any atom is 0.410 e. The Hall–Kier alpha value is -3.27. The Balaban J connectivity index is 1.63. The summed E-state index contributed by atoms with van der Waals surface area (Å²) in [4.78, 5) is 26.1. The lowest BCUT2D eigenvalue weighted by atomic mass is 10.1. The summed E-state index contributed by atoms with van der Waals surface area (Å²) in [5, 5.41) is -0.315. The van der Waals surface area contributed by atoms with Crippen molar-refractivity contribution in [3.63, 3.8) is 0 Å². The number of benzene rings is 1. The molecule has 8 nitrogen and oxygen atoms in total. The average Bonchev–Trinajstić information content (AvgIpc) is 2.68. The van der Waals surface area contributed by atoms with Crippen molar-refractivity contribution in [2.24, 2.45) is 0 Å². The third-order valence-electron chi connectivity index (χ3n) is 4.74. The first-order chi connectivity index (χ1) is 15.0. The number of pyridine rings is 1. The van der Waals surface area contributed by atoms with Gasteiger partial charge in [-0.15, -0.1) is 0 Å². The Bertz CT molecular complexity index is 1210. The molecule has 3 heterocycles. The third-order valence-corrected chi connectivity index (χ3v) is 5.09. The second kappa shape index (κ2) is 8.01. The fourth-order valence-electron chi connectivity index (χ4n) is 3.23. The quantitative estimate of drug-likeness (QED) is 0.580. The van der Waals surface area contributed by atoms with Crippen LogP contribution in [-0.4, -0.2) is 50.7 Å². The molecule has 0 unspecified atom stereocenters. The minimum atomic E-state index is -0.960. The molecule has 0 spiro atoms. The second-order valence-electron chi connectivity index (χ2n) is 8.30. The number of aromatic nitrogens is 3. The van der Waals surface area contributed by atoms with Crippen LogP contribution in [0.4, 0.5) is 19.4 Å². The van der Waals surface area contributed by atoms with Gasteiger partial charge in [0, 0.05) is 5.56 Å². The highest BCUT2D eigenvalue weighted by Gasteiger charge is 2.35. The molecule has 0 aliphatic carbocycles. The van der Waals surface area contributed by atoms with Gasteiger partial charge in [-0.1, -0.05) is 11.6 Å². The first kappa shape index (κ1) is 21.9. The van der Waals surface area contributed by atoms with E-state index in [9.17, 15) is 13.6 Å². The van der Waals surface area contributed by atoms with E-state index in [0.29, 0.717) is 18.5 Å². The van der Waals surface area contributed by atoms with Gasteiger partial charge in [-0.3, -0.25) is 0 Å². The number of hydrogen-bond donors (Lipinski definition) is 1. The van der Waals surface area contributed by atoms with Crippen LogP contribution in [0.15, 0.2) is 24.7 Å². The van der Waals surface area contributed by atoms with Crippen LogP contribution in [0, 0.1) is 11.6 Å². The molecular formula is C21H20ClF2N5O3. The van der Waals surface area contributed by atoms with E-state index in [1.54, 1.807) is 20.8 Å². The molecule has 0 atom stereocenters. The number of fused-ring (bicyclic) bond motifs is 1. The van der Waals surface area contributed by atoms with Crippen molar-refractivity contribution in [2.45, 2.75) is 32.5 Å². The molecule has 3 aromatic rings. The van der Waals surface area contributed by atoms with E-state index >= 15 is 0 Å². The summed E-state index contributed by atoms with van der Waals surface area (Å²) in [5.74, 6) is -1.46. The zero-order valence-corrected chi connectivity index (χ0v) is 18.3. The van der Waals surface area contributed by atoms with Crippen molar-refractivity contribution in [3.8, 4) is 17.0 Å². The molecule has 1 aromatic carbocycles. The number of amides is 1. The summed E-state index contributed by atoms with van der Waals surface area (Å²) in [5.41, 5.74) is 5.76. The number of carbonyl (C=O) groups is 1. The van der Waals surface area contributed by atoms with Gasteiger partial charge in [0.05, 0.1) is 30.4 Å². The lowest BCUT2D eigenvalue weighted by molar-refractivity contribution is -0.0218. The third kappa shape index (κ3) is 4.10. The van der Waals surface area contributed by atoms with E-state index in [4.69, 9.17) is 26.8 Å². The van der Waals surface area contributed by atoms with Gasteiger partial charge in [0.15, 0.2) is 11.6 Å². The molecule has 0 radical (unpaired) electrons. The predicted octanol–water partition coefficient (Wildman–Crippen LogP) is 4.20. The normalized spacial score (nSPS) is 14.4. The molecule has 1 amide bonds. The van der Waals surface area contributed by atoms with Crippen LogP contribution < -0.4 is 10.5 Å². The molecule has 0 bridgehead atoms. The number of nitrogen functional groups attached to an aromatic ring is 1. The van der Waals surface area contributed by atoms with Crippen LogP contribution in [-0.2, 0) is 4.74 Å².